The second kappa shape index (κ2) is 14.7. The number of rotatable bonds is 19. The van der Waals surface area contributed by atoms with E-state index in [1.54, 1.807) is 0 Å². The van der Waals surface area contributed by atoms with Crippen LogP contribution in [0.5, 0.6) is 0 Å². The summed E-state index contributed by atoms with van der Waals surface area (Å²) in [7, 11) is 0. The Labute approximate surface area is 195 Å². The number of hydrogen-bond donors (Lipinski definition) is 8. The highest BCUT2D eigenvalue weighted by Gasteiger charge is 2.40. The van der Waals surface area contributed by atoms with Gasteiger partial charge in [0.25, 0.3) is 0 Å². The highest BCUT2D eigenvalue weighted by atomic mass is 16.5. The lowest BCUT2D eigenvalue weighted by molar-refractivity contribution is -0.183. The van der Waals surface area contributed by atoms with Gasteiger partial charge >= 0.3 is 23.9 Å². The highest BCUT2D eigenvalue weighted by Crippen LogP contribution is 2.26. The van der Waals surface area contributed by atoms with Crippen molar-refractivity contribution >= 4 is 23.9 Å². The van der Waals surface area contributed by atoms with Crippen LogP contribution in [0.4, 0.5) is 0 Å². The van der Waals surface area contributed by atoms with E-state index in [0.717, 1.165) is 9.80 Å². The molecule has 10 N–H and O–H groups in total. The van der Waals surface area contributed by atoms with Crippen molar-refractivity contribution in [2.45, 2.75) is 57.2 Å². The van der Waals surface area contributed by atoms with Crippen LogP contribution in [0.2, 0.25) is 0 Å². The van der Waals surface area contributed by atoms with E-state index in [1.165, 1.54) is 13.8 Å². The summed E-state index contributed by atoms with van der Waals surface area (Å²) in [6.07, 6.45) is -6.12. The number of hydrogen-bond acceptors (Lipinski definition) is 12. The number of nitrogens with zero attached hydrogens (tertiary/aromatic N) is 2. The zero-order valence-electron chi connectivity index (χ0n) is 18.9. The van der Waals surface area contributed by atoms with Crippen LogP contribution in [-0.4, -0.2) is 128 Å². The van der Waals surface area contributed by atoms with Crippen LogP contribution in [0.3, 0.4) is 0 Å². The van der Waals surface area contributed by atoms with Gasteiger partial charge in [-0.1, -0.05) is 0 Å². The molecule has 4 unspecified atom stereocenters. The van der Waals surface area contributed by atoms with E-state index >= 15 is 0 Å². The summed E-state index contributed by atoms with van der Waals surface area (Å²) in [6, 6.07) is 0. The molecule has 0 aliphatic heterocycles. The predicted molar refractivity (Wildman–Crippen MR) is 112 cm³/mol. The van der Waals surface area contributed by atoms with Crippen molar-refractivity contribution in [2.75, 3.05) is 32.8 Å². The zero-order chi connectivity index (χ0) is 26.6. The number of carboxylic acids is 4. The molecular formula is C18H34N4O12. The normalized spacial score (nSPS) is 17.1. The van der Waals surface area contributed by atoms with Gasteiger partial charge in [0, 0.05) is 12.8 Å². The lowest BCUT2D eigenvalue weighted by Gasteiger charge is -2.40. The summed E-state index contributed by atoms with van der Waals surface area (Å²) < 4.78 is 10.8. The summed E-state index contributed by atoms with van der Waals surface area (Å²) in [5.74, 6) is -5.61. The zero-order valence-corrected chi connectivity index (χ0v) is 18.9. The number of aliphatic hydroxyl groups is 2. The fourth-order valence-electron chi connectivity index (χ4n) is 3.10. The number of carbonyl (C=O) groups is 4. The van der Waals surface area contributed by atoms with Crippen LogP contribution in [0, 0.1) is 0 Å². The summed E-state index contributed by atoms with van der Waals surface area (Å²) in [5, 5.41) is 57.5. The Bertz CT molecular complexity index is 606. The van der Waals surface area contributed by atoms with E-state index in [0.29, 0.717) is 0 Å². The predicted octanol–water partition coefficient (Wildman–Crippen LogP) is -3.27. The average molecular weight is 498 g/mol. The molecule has 0 aromatic heterocycles. The van der Waals surface area contributed by atoms with Crippen LogP contribution < -0.4 is 11.5 Å². The number of carboxylic acid groups (broad SMARTS) is 4. The van der Waals surface area contributed by atoms with Gasteiger partial charge in [0.15, 0.2) is 0 Å². The molecule has 16 nitrogen and oxygen atoms in total. The SMILES string of the molecule is CC(N)OC(CC(O)(CO)CC(OC(C)N)N(CC(=O)O)CC(=O)O)N(CC(=O)O)CC(=O)O. The lowest BCUT2D eigenvalue weighted by Crippen LogP contribution is -2.54. The van der Waals surface area contributed by atoms with Gasteiger partial charge in [-0.15, -0.1) is 0 Å². The third-order valence-electron chi connectivity index (χ3n) is 4.31. The molecule has 0 saturated carbocycles. The monoisotopic (exact) mass is 498 g/mol. The number of aliphatic hydroxyl groups excluding tert-OH is 1. The maximum absolute atomic E-state index is 11.2. The first-order chi connectivity index (χ1) is 15.6. The van der Waals surface area contributed by atoms with E-state index < -0.39 is 100 Å². The Morgan fingerprint density at radius 2 is 1.00 bits per heavy atom. The minimum atomic E-state index is -2.19. The molecule has 0 radical (unpaired) electrons. The third kappa shape index (κ3) is 13.3. The Kier molecular flexibility index (Phi) is 13.7. The van der Waals surface area contributed by atoms with E-state index in [1.807, 2.05) is 0 Å². The van der Waals surface area contributed by atoms with E-state index in [9.17, 15) is 29.4 Å². The van der Waals surface area contributed by atoms with Crippen molar-refractivity contribution in [1.82, 2.24) is 9.80 Å². The lowest BCUT2D eigenvalue weighted by atomic mass is 9.93. The quantitative estimate of drug-likeness (QED) is 0.0811. The van der Waals surface area contributed by atoms with Crippen molar-refractivity contribution in [3.05, 3.63) is 0 Å². The second-order valence-corrected chi connectivity index (χ2v) is 7.77. The molecule has 34 heavy (non-hydrogen) atoms. The Balaban J connectivity index is 6.08. The van der Waals surface area contributed by atoms with Crippen LogP contribution in [0.15, 0.2) is 0 Å². The maximum atomic E-state index is 11.2. The fraction of sp³-hybridized carbons (Fsp3) is 0.778. The number of nitrogens with two attached hydrogens (primary N) is 2. The van der Waals surface area contributed by atoms with Gasteiger partial charge in [0.2, 0.25) is 0 Å². The molecule has 0 aliphatic rings. The molecule has 0 aromatic carbocycles. The van der Waals surface area contributed by atoms with Gasteiger partial charge in [0.1, 0.15) is 24.9 Å². The van der Waals surface area contributed by atoms with Gasteiger partial charge in [-0.3, -0.25) is 29.0 Å². The first kappa shape index (κ1) is 31.6. The highest BCUT2D eigenvalue weighted by molar-refractivity contribution is 5.73. The molecule has 0 saturated heterocycles. The minimum Gasteiger partial charge on any atom is -0.480 e. The van der Waals surface area contributed by atoms with Crippen LogP contribution >= 0.6 is 0 Å². The van der Waals surface area contributed by atoms with Crippen LogP contribution in [0.1, 0.15) is 26.7 Å². The molecule has 0 spiro atoms. The summed E-state index contributed by atoms with van der Waals surface area (Å²) in [4.78, 5) is 46.6. The van der Waals surface area contributed by atoms with Crippen molar-refractivity contribution in [2.24, 2.45) is 11.5 Å². The van der Waals surface area contributed by atoms with Gasteiger partial charge in [-0.25, -0.2) is 0 Å². The molecule has 4 atom stereocenters. The number of ether oxygens (including phenoxy) is 2. The van der Waals surface area contributed by atoms with Gasteiger partial charge in [0.05, 0.1) is 38.4 Å². The molecule has 16 heteroatoms. The van der Waals surface area contributed by atoms with Crippen molar-refractivity contribution in [3.8, 4) is 0 Å². The maximum Gasteiger partial charge on any atom is 0.317 e. The molecule has 0 aliphatic carbocycles. The van der Waals surface area contributed by atoms with E-state index in [-0.39, 0.29) is 0 Å². The third-order valence-corrected chi connectivity index (χ3v) is 4.31. The topological polar surface area (TPSA) is 267 Å². The summed E-state index contributed by atoms with van der Waals surface area (Å²) in [5.41, 5.74) is 9.03. The average Bonchev–Trinajstić information content (AvgIpc) is 2.63. The standard InChI is InChI=1S/C18H34N4O12/c1-10(19)33-12(21(5-14(24)25)6-15(26)27)3-18(32,9-23)4-13(34-11(2)20)22(7-16(28)29)8-17(30)31/h10-13,23,32H,3-9,19-20H2,1-2H3,(H,24,25)(H,26,27)(H,28,29)(H,30,31). The van der Waals surface area contributed by atoms with E-state index in [4.69, 9.17) is 41.4 Å². The van der Waals surface area contributed by atoms with Gasteiger partial charge < -0.3 is 51.6 Å². The van der Waals surface area contributed by atoms with Gasteiger partial charge in [-0.2, -0.15) is 0 Å². The Hall–Kier alpha value is -2.44. The van der Waals surface area contributed by atoms with Gasteiger partial charge in [-0.05, 0) is 13.8 Å². The van der Waals surface area contributed by atoms with Crippen molar-refractivity contribution in [3.63, 3.8) is 0 Å². The molecule has 0 amide bonds. The molecule has 0 aromatic rings. The van der Waals surface area contributed by atoms with Crippen LogP contribution in [0.25, 0.3) is 0 Å². The fourth-order valence-corrected chi connectivity index (χ4v) is 3.10. The molecule has 0 rings (SSSR count). The molecule has 198 valence electrons. The van der Waals surface area contributed by atoms with Crippen LogP contribution in [-0.2, 0) is 28.7 Å². The summed E-state index contributed by atoms with van der Waals surface area (Å²) >= 11 is 0. The molecule has 0 heterocycles. The van der Waals surface area contributed by atoms with Crippen molar-refractivity contribution in [1.29, 1.82) is 0 Å². The first-order valence-corrected chi connectivity index (χ1v) is 10.1. The van der Waals surface area contributed by atoms with Crippen molar-refractivity contribution < 1.29 is 59.3 Å². The first-order valence-electron chi connectivity index (χ1n) is 10.1. The second-order valence-electron chi connectivity index (χ2n) is 7.77. The molecule has 0 bridgehead atoms. The molecular weight excluding hydrogens is 464 g/mol. The Morgan fingerprint density at radius 1 is 0.735 bits per heavy atom. The largest absolute Gasteiger partial charge is 0.480 e. The van der Waals surface area contributed by atoms with E-state index in [2.05, 4.69) is 0 Å². The molecule has 0 fully saturated rings. The number of aliphatic carboxylic acids is 4. The smallest absolute Gasteiger partial charge is 0.317 e. The Morgan fingerprint density at radius 3 is 1.18 bits per heavy atom. The minimum absolute atomic E-state index is 0.599. The summed E-state index contributed by atoms with van der Waals surface area (Å²) in [6.45, 7) is -1.50.